The maximum Gasteiger partial charge on any atom is 0.133 e. The summed E-state index contributed by atoms with van der Waals surface area (Å²) in [5.74, 6) is 0.775. The second-order valence-electron chi connectivity index (χ2n) is 4.52. The van der Waals surface area contributed by atoms with Gasteiger partial charge < -0.3 is 5.73 Å². The summed E-state index contributed by atoms with van der Waals surface area (Å²) in [6.07, 6.45) is 5.99. The fourth-order valence-corrected chi connectivity index (χ4v) is 2.04. The van der Waals surface area contributed by atoms with Crippen molar-refractivity contribution in [2.45, 2.75) is 6.42 Å². The Balaban J connectivity index is 1.88. The molecule has 4 nitrogen and oxygen atoms in total. The normalized spacial score (nSPS) is 10.4. The molecule has 4 heteroatoms. The van der Waals surface area contributed by atoms with Crippen LogP contribution in [0.3, 0.4) is 0 Å². The molecule has 0 saturated carbocycles. The van der Waals surface area contributed by atoms with Gasteiger partial charge in [0.2, 0.25) is 0 Å². The highest BCUT2D eigenvalue weighted by atomic mass is 14.9. The van der Waals surface area contributed by atoms with Gasteiger partial charge >= 0.3 is 0 Å². The van der Waals surface area contributed by atoms with E-state index >= 15 is 0 Å². The van der Waals surface area contributed by atoms with Crippen molar-refractivity contribution >= 4 is 5.69 Å². The molecular weight excluding hydrogens is 248 g/mol. The summed E-state index contributed by atoms with van der Waals surface area (Å²) in [4.78, 5) is 13.0. The van der Waals surface area contributed by atoms with Gasteiger partial charge in [-0.15, -0.1) is 0 Å². The topological polar surface area (TPSA) is 64.7 Å². The number of rotatable bonds is 3. The van der Waals surface area contributed by atoms with E-state index in [-0.39, 0.29) is 0 Å². The van der Waals surface area contributed by atoms with Crippen molar-refractivity contribution in [3.8, 4) is 11.3 Å². The number of nitrogen functional groups attached to an aromatic ring is 1. The van der Waals surface area contributed by atoms with Gasteiger partial charge in [0.25, 0.3) is 0 Å². The van der Waals surface area contributed by atoms with E-state index in [1.165, 1.54) is 0 Å². The van der Waals surface area contributed by atoms with Crippen molar-refractivity contribution in [2.24, 2.45) is 0 Å². The SMILES string of the molecule is Nc1cccc(Cc2nccc(-c3cccnc3)n2)c1. The molecule has 0 radical (unpaired) electrons. The average Bonchev–Trinajstić information content (AvgIpc) is 2.48. The number of aromatic nitrogens is 3. The van der Waals surface area contributed by atoms with Crippen molar-refractivity contribution < 1.29 is 0 Å². The molecule has 2 N–H and O–H groups in total. The Morgan fingerprint density at radius 1 is 1.00 bits per heavy atom. The molecule has 0 saturated heterocycles. The van der Waals surface area contributed by atoms with Crippen LogP contribution in [0.15, 0.2) is 61.1 Å². The summed E-state index contributed by atoms with van der Waals surface area (Å²) < 4.78 is 0. The summed E-state index contributed by atoms with van der Waals surface area (Å²) in [7, 11) is 0. The predicted molar refractivity (Wildman–Crippen MR) is 78.9 cm³/mol. The Labute approximate surface area is 117 Å². The maximum absolute atomic E-state index is 5.78. The van der Waals surface area contributed by atoms with E-state index in [2.05, 4.69) is 15.0 Å². The van der Waals surface area contributed by atoms with Crippen LogP contribution < -0.4 is 5.73 Å². The van der Waals surface area contributed by atoms with E-state index in [0.29, 0.717) is 6.42 Å². The van der Waals surface area contributed by atoms with Gasteiger partial charge in [0.05, 0.1) is 5.69 Å². The van der Waals surface area contributed by atoms with Crippen LogP contribution in [-0.2, 0) is 6.42 Å². The maximum atomic E-state index is 5.78. The fourth-order valence-electron chi connectivity index (χ4n) is 2.04. The highest BCUT2D eigenvalue weighted by Crippen LogP contribution is 2.16. The molecular formula is C16H14N4. The number of benzene rings is 1. The Bertz CT molecular complexity index is 710. The van der Waals surface area contributed by atoms with Crippen LogP contribution in [0.25, 0.3) is 11.3 Å². The third-order valence-corrected chi connectivity index (χ3v) is 2.98. The van der Waals surface area contributed by atoms with Crippen molar-refractivity contribution in [2.75, 3.05) is 5.73 Å². The number of nitrogens with two attached hydrogens (primary N) is 1. The molecule has 0 fully saturated rings. The van der Waals surface area contributed by atoms with Crippen LogP contribution in [-0.4, -0.2) is 15.0 Å². The second-order valence-corrected chi connectivity index (χ2v) is 4.52. The largest absolute Gasteiger partial charge is 0.399 e. The third-order valence-electron chi connectivity index (χ3n) is 2.98. The van der Waals surface area contributed by atoms with Gasteiger partial charge in [-0.1, -0.05) is 12.1 Å². The van der Waals surface area contributed by atoms with Crippen LogP contribution in [0, 0.1) is 0 Å². The quantitative estimate of drug-likeness (QED) is 0.737. The van der Waals surface area contributed by atoms with Crippen molar-refractivity contribution in [1.29, 1.82) is 0 Å². The molecule has 0 aliphatic carbocycles. The monoisotopic (exact) mass is 262 g/mol. The molecule has 0 amide bonds. The van der Waals surface area contributed by atoms with Crippen LogP contribution in [0.1, 0.15) is 11.4 Å². The van der Waals surface area contributed by atoms with Gasteiger partial charge in [-0.25, -0.2) is 9.97 Å². The van der Waals surface area contributed by atoms with E-state index in [4.69, 9.17) is 5.73 Å². The van der Waals surface area contributed by atoms with Crippen LogP contribution in [0.5, 0.6) is 0 Å². The summed E-state index contributed by atoms with van der Waals surface area (Å²) >= 11 is 0. The Kier molecular flexibility index (Phi) is 3.37. The number of anilines is 1. The minimum Gasteiger partial charge on any atom is -0.399 e. The second kappa shape index (κ2) is 5.48. The fraction of sp³-hybridized carbons (Fsp3) is 0.0625. The third kappa shape index (κ3) is 2.80. The Morgan fingerprint density at radius 3 is 2.75 bits per heavy atom. The van der Waals surface area contributed by atoms with Gasteiger partial charge in [-0.05, 0) is 35.9 Å². The van der Waals surface area contributed by atoms with E-state index in [0.717, 1.165) is 28.3 Å². The van der Waals surface area contributed by atoms with E-state index in [9.17, 15) is 0 Å². The van der Waals surface area contributed by atoms with E-state index < -0.39 is 0 Å². The molecule has 3 rings (SSSR count). The minimum atomic E-state index is 0.666. The van der Waals surface area contributed by atoms with Crippen LogP contribution in [0.4, 0.5) is 5.69 Å². The molecule has 3 aromatic rings. The first-order chi connectivity index (χ1) is 9.81. The first-order valence-corrected chi connectivity index (χ1v) is 6.38. The van der Waals surface area contributed by atoms with Crippen molar-refractivity contribution in [1.82, 2.24) is 15.0 Å². The predicted octanol–water partition coefficient (Wildman–Crippen LogP) is 2.71. The molecule has 0 bridgehead atoms. The van der Waals surface area contributed by atoms with Crippen LogP contribution >= 0.6 is 0 Å². The van der Waals surface area contributed by atoms with Gasteiger partial charge in [-0.2, -0.15) is 0 Å². The Morgan fingerprint density at radius 2 is 1.95 bits per heavy atom. The zero-order valence-corrected chi connectivity index (χ0v) is 10.9. The number of hydrogen-bond donors (Lipinski definition) is 1. The lowest BCUT2D eigenvalue weighted by molar-refractivity contribution is 0.972. The lowest BCUT2D eigenvalue weighted by Crippen LogP contribution is -1.98. The van der Waals surface area contributed by atoms with Crippen LogP contribution in [0.2, 0.25) is 0 Å². The van der Waals surface area contributed by atoms with E-state index in [1.807, 2.05) is 42.5 Å². The zero-order chi connectivity index (χ0) is 13.8. The molecule has 0 aliphatic heterocycles. The molecule has 20 heavy (non-hydrogen) atoms. The van der Waals surface area contributed by atoms with Gasteiger partial charge in [0.15, 0.2) is 0 Å². The first kappa shape index (κ1) is 12.3. The molecule has 98 valence electrons. The number of pyridine rings is 1. The van der Waals surface area contributed by atoms with Gasteiger partial charge in [-0.3, -0.25) is 4.98 Å². The smallest absolute Gasteiger partial charge is 0.133 e. The lowest BCUT2D eigenvalue weighted by Gasteiger charge is -2.04. The highest BCUT2D eigenvalue weighted by Gasteiger charge is 2.03. The number of nitrogens with zero attached hydrogens (tertiary/aromatic N) is 3. The molecule has 0 aliphatic rings. The Hall–Kier alpha value is -2.75. The number of hydrogen-bond acceptors (Lipinski definition) is 4. The molecule has 1 aromatic carbocycles. The van der Waals surface area contributed by atoms with Crippen molar-refractivity contribution in [3.63, 3.8) is 0 Å². The molecule has 0 atom stereocenters. The van der Waals surface area contributed by atoms with Gasteiger partial charge in [0, 0.05) is 36.3 Å². The average molecular weight is 262 g/mol. The van der Waals surface area contributed by atoms with Gasteiger partial charge in [0.1, 0.15) is 5.82 Å². The molecule has 0 spiro atoms. The minimum absolute atomic E-state index is 0.666. The summed E-state index contributed by atoms with van der Waals surface area (Å²) in [5.41, 5.74) is 9.52. The summed E-state index contributed by atoms with van der Waals surface area (Å²) in [6.45, 7) is 0. The van der Waals surface area contributed by atoms with Crippen molar-refractivity contribution in [3.05, 3.63) is 72.4 Å². The van der Waals surface area contributed by atoms with E-state index in [1.54, 1.807) is 18.6 Å². The molecule has 0 unspecified atom stereocenters. The summed E-state index contributed by atoms with van der Waals surface area (Å²) in [6, 6.07) is 13.6. The molecule has 2 heterocycles. The first-order valence-electron chi connectivity index (χ1n) is 6.38. The summed E-state index contributed by atoms with van der Waals surface area (Å²) in [5, 5.41) is 0. The highest BCUT2D eigenvalue weighted by molar-refractivity contribution is 5.57. The lowest BCUT2D eigenvalue weighted by atomic mass is 10.1. The molecule has 2 aromatic heterocycles. The zero-order valence-electron chi connectivity index (χ0n) is 10.9. The standard InChI is InChI=1S/C16H14N4/c17-14-5-1-3-12(9-14)10-16-19-8-6-15(20-16)13-4-2-7-18-11-13/h1-9,11H,10,17H2.